The molecule has 0 aliphatic carbocycles. The number of carboxylic acid groups (broad SMARTS) is 1. The number of nitrogens with one attached hydrogen (secondary N) is 1. The molecule has 0 aliphatic heterocycles. The Hall–Kier alpha value is -0.550. The highest BCUT2D eigenvalue weighted by Gasteiger charge is 2.21. The van der Waals surface area contributed by atoms with Crippen LogP contribution in [0, 0.1) is 0 Å². The van der Waals surface area contributed by atoms with Gasteiger partial charge in [-0.2, -0.15) is 8.42 Å². The first-order valence-corrected chi connectivity index (χ1v) is 5.99. The smallest absolute Gasteiger partial charge is 0.321 e. The van der Waals surface area contributed by atoms with E-state index in [1.165, 1.54) is 0 Å². The molecule has 0 aliphatic rings. The van der Waals surface area contributed by atoms with E-state index >= 15 is 0 Å². The Morgan fingerprint density at radius 3 is 2.29 bits per heavy atom. The highest BCUT2D eigenvalue weighted by molar-refractivity contribution is 7.85. The van der Waals surface area contributed by atoms with Crippen LogP contribution < -0.4 is 4.72 Å². The minimum Gasteiger partial charge on any atom is -0.480 e. The maximum absolute atomic E-state index is 10.4. The summed E-state index contributed by atoms with van der Waals surface area (Å²) in [6.45, 7) is 0. The predicted octanol–water partition coefficient (Wildman–Crippen LogP) is -1.56. The van der Waals surface area contributed by atoms with Gasteiger partial charge in [0.2, 0.25) is 11.3 Å². The molecule has 2 atom stereocenters. The van der Waals surface area contributed by atoms with Crippen LogP contribution in [-0.4, -0.2) is 44.6 Å². The molecule has 10 heteroatoms. The van der Waals surface area contributed by atoms with Gasteiger partial charge in [0.15, 0.2) is 0 Å². The number of carboxylic acids is 1. The summed E-state index contributed by atoms with van der Waals surface area (Å²) in [7, 11) is -4.27. The van der Waals surface area contributed by atoms with E-state index in [1.807, 2.05) is 0 Å². The van der Waals surface area contributed by atoms with Crippen molar-refractivity contribution in [3.05, 3.63) is 0 Å². The van der Waals surface area contributed by atoms with Crippen molar-refractivity contribution in [3.8, 4) is 0 Å². The minimum atomic E-state index is -4.27. The van der Waals surface area contributed by atoms with Gasteiger partial charge in [-0.3, -0.25) is 13.9 Å². The summed E-state index contributed by atoms with van der Waals surface area (Å²) < 4.78 is 48.9. The first kappa shape index (κ1) is 13.4. The fourth-order valence-electron chi connectivity index (χ4n) is 0.621. The molecule has 0 aromatic rings. The first-order valence-electron chi connectivity index (χ1n) is 3.27. The molecule has 14 heavy (non-hydrogen) atoms. The van der Waals surface area contributed by atoms with Crippen LogP contribution in [0.25, 0.3) is 0 Å². The van der Waals surface area contributed by atoms with Gasteiger partial charge in [-0.15, -0.1) is 0 Å². The fourth-order valence-corrected chi connectivity index (χ4v) is 1.62. The molecule has 0 aromatic carbocycles. The number of aliphatic carboxylic acids is 1. The first-order chi connectivity index (χ1) is 6.22. The Morgan fingerprint density at radius 2 is 2.00 bits per heavy atom. The lowest BCUT2D eigenvalue weighted by Gasteiger charge is -2.09. The summed E-state index contributed by atoms with van der Waals surface area (Å²) >= 11 is -2.55. The second kappa shape index (κ2) is 5.36. The van der Waals surface area contributed by atoms with Crippen LogP contribution in [0.2, 0.25) is 0 Å². The maximum atomic E-state index is 10.4. The van der Waals surface area contributed by atoms with E-state index in [4.69, 9.17) is 14.2 Å². The van der Waals surface area contributed by atoms with Gasteiger partial charge in [0.25, 0.3) is 10.1 Å². The van der Waals surface area contributed by atoms with Gasteiger partial charge in [-0.05, 0) is 6.42 Å². The zero-order valence-corrected chi connectivity index (χ0v) is 8.42. The summed E-state index contributed by atoms with van der Waals surface area (Å²) in [5.74, 6) is -2.27. The largest absolute Gasteiger partial charge is 0.480 e. The average molecular weight is 247 g/mol. The normalized spacial score (nSPS) is 16.1. The van der Waals surface area contributed by atoms with Crippen molar-refractivity contribution in [2.24, 2.45) is 0 Å². The van der Waals surface area contributed by atoms with Crippen LogP contribution in [0.4, 0.5) is 0 Å². The van der Waals surface area contributed by atoms with Crippen LogP contribution >= 0.6 is 0 Å². The molecule has 4 N–H and O–H groups in total. The van der Waals surface area contributed by atoms with E-state index in [9.17, 15) is 17.4 Å². The summed E-state index contributed by atoms with van der Waals surface area (Å²) in [6, 6.07) is -1.50. The van der Waals surface area contributed by atoms with Gasteiger partial charge in [0, 0.05) is 0 Å². The van der Waals surface area contributed by atoms with E-state index in [2.05, 4.69) is 0 Å². The molecular formula is C4H9NO7S2. The van der Waals surface area contributed by atoms with Crippen molar-refractivity contribution in [1.82, 2.24) is 4.72 Å². The maximum Gasteiger partial charge on any atom is 0.321 e. The lowest BCUT2D eigenvalue weighted by atomic mass is 10.2. The fraction of sp³-hybridized carbons (Fsp3) is 0.750. The van der Waals surface area contributed by atoms with Crippen LogP contribution in [0.5, 0.6) is 0 Å². The van der Waals surface area contributed by atoms with Crippen molar-refractivity contribution in [2.45, 2.75) is 12.5 Å². The van der Waals surface area contributed by atoms with Gasteiger partial charge in [-0.1, -0.05) is 0 Å². The van der Waals surface area contributed by atoms with Crippen LogP contribution in [0.3, 0.4) is 0 Å². The van der Waals surface area contributed by atoms with Gasteiger partial charge < -0.3 is 5.11 Å². The summed E-state index contributed by atoms with van der Waals surface area (Å²) in [6.07, 6.45) is -0.500. The van der Waals surface area contributed by atoms with Gasteiger partial charge >= 0.3 is 5.97 Å². The molecule has 1 unspecified atom stereocenters. The summed E-state index contributed by atoms with van der Waals surface area (Å²) in [4.78, 5) is 10.4. The highest BCUT2D eigenvalue weighted by Crippen LogP contribution is 1.97. The van der Waals surface area contributed by atoms with E-state index in [0.717, 1.165) is 0 Å². The number of hydrogen-bond donors (Lipinski definition) is 4. The quantitative estimate of drug-likeness (QED) is 0.328. The molecule has 84 valence electrons. The SMILES string of the molecule is O=C(O)[C@H](CCS(=O)(=O)O)NS(=O)O. The number of rotatable bonds is 6. The Morgan fingerprint density at radius 1 is 1.50 bits per heavy atom. The number of hydrogen-bond acceptors (Lipinski definition) is 4. The standard InChI is InChI=1S/C4H9NO7S2/c6-4(7)3(5-13(8)9)1-2-14(10,11)12/h3,5H,1-2H2,(H,6,7)(H,8,9)(H,10,11,12)/t3-/m0/s1. The van der Waals surface area contributed by atoms with E-state index in [1.54, 1.807) is 4.72 Å². The van der Waals surface area contributed by atoms with Gasteiger partial charge in [0.05, 0.1) is 5.75 Å². The van der Waals surface area contributed by atoms with Crippen molar-refractivity contribution in [3.63, 3.8) is 0 Å². The van der Waals surface area contributed by atoms with Crippen molar-refractivity contribution < 1.29 is 31.6 Å². The molecule has 0 saturated heterocycles. The zero-order valence-electron chi connectivity index (χ0n) is 6.78. The van der Waals surface area contributed by atoms with Crippen molar-refractivity contribution >= 4 is 27.4 Å². The average Bonchev–Trinajstić information content (AvgIpc) is 1.94. The van der Waals surface area contributed by atoms with E-state index < -0.39 is 45.6 Å². The molecule has 0 heterocycles. The lowest BCUT2D eigenvalue weighted by Crippen LogP contribution is -2.38. The third-order valence-electron chi connectivity index (χ3n) is 1.21. The monoisotopic (exact) mass is 247 g/mol. The van der Waals surface area contributed by atoms with Crippen LogP contribution in [0.1, 0.15) is 6.42 Å². The third-order valence-corrected chi connectivity index (χ3v) is 2.44. The molecule has 0 bridgehead atoms. The second-order valence-corrected chi connectivity index (χ2v) is 4.64. The van der Waals surface area contributed by atoms with Crippen molar-refractivity contribution in [1.29, 1.82) is 0 Å². The van der Waals surface area contributed by atoms with Gasteiger partial charge in [-0.25, -0.2) is 8.93 Å². The molecular weight excluding hydrogens is 238 g/mol. The molecule has 0 spiro atoms. The molecule has 8 nitrogen and oxygen atoms in total. The van der Waals surface area contributed by atoms with Crippen molar-refractivity contribution in [2.75, 3.05) is 5.75 Å². The third kappa shape index (κ3) is 6.91. The summed E-state index contributed by atoms with van der Waals surface area (Å²) in [5, 5.41) is 8.43. The molecule has 0 radical (unpaired) electrons. The lowest BCUT2D eigenvalue weighted by molar-refractivity contribution is -0.139. The summed E-state index contributed by atoms with van der Waals surface area (Å²) in [5.41, 5.74) is 0. The zero-order chi connectivity index (χ0) is 11.4. The molecule has 0 saturated carbocycles. The van der Waals surface area contributed by atoms with Crippen LogP contribution in [0.15, 0.2) is 0 Å². The van der Waals surface area contributed by atoms with Gasteiger partial charge in [0.1, 0.15) is 6.04 Å². The highest BCUT2D eigenvalue weighted by atomic mass is 32.2. The van der Waals surface area contributed by atoms with E-state index in [-0.39, 0.29) is 0 Å². The molecule has 0 aromatic heterocycles. The van der Waals surface area contributed by atoms with Crippen LogP contribution in [-0.2, 0) is 26.2 Å². The predicted molar refractivity (Wildman–Crippen MR) is 46.4 cm³/mol. The Bertz CT molecular complexity index is 323. The Labute approximate surface area is 82.5 Å². The Balaban J connectivity index is 4.25. The van der Waals surface area contributed by atoms with E-state index in [0.29, 0.717) is 0 Å². The molecule has 0 fully saturated rings. The topological polar surface area (TPSA) is 141 Å². The molecule has 0 rings (SSSR count). The Kier molecular flexibility index (Phi) is 5.15. The molecule has 0 amide bonds. The minimum absolute atomic E-state index is 0.500. The second-order valence-electron chi connectivity index (χ2n) is 2.33. The number of carbonyl (C=O) groups is 1.